The number of carbonyl (C=O) groups is 2. The molecule has 0 bridgehead atoms. The van der Waals surface area contributed by atoms with E-state index in [1.807, 2.05) is 18.2 Å². The number of primary amides is 1. The summed E-state index contributed by atoms with van der Waals surface area (Å²) < 4.78 is 5.75. The van der Waals surface area contributed by atoms with Gasteiger partial charge in [-0.15, -0.1) is 0 Å². The average molecular weight is 397 g/mol. The number of rotatable bonds is 5. The molecule has 5 nitrogen and oxygen atoms in total. The van der Waals surface area contributed by atoms with Crippen molar-refractivity contribution in [1.82, 2.24) is 5.32 Å². The van der Waals surface area contributed by atoms with Crippen molar-refractivity contribution in [3.63, 3.8) is 0 Å². The second-order valence-electron chi connectivity index (χ2n) is 9.32. The van der Waals surface area contributed by atoms with Crippen LogP contribution in [0.15, 0.2) is 42.5 Å². The van der Waals surface area contributed by atoms with Crippen LogP contribution in [0.3, 0.4) is 0 Å². The lowest BCUT2D eigenvalue weighted by molar-refractivity contribution is -0.120. The zero-order chi connectivity index (χ0) is 22.0. The van der Waals surface area contributed by atoms with Crippen LogP contribution in [0.2, 0.25) is 0 Å². The highest BCUT2D eigenvalue weighted by atomic mass is 16.5. The molecule has 0 aliphatic heterocycles. The Balaban J connectivity index is 2.55. The van der Waals surface area contributed by atoms with E-state index < -0.39 is 11.9 Å². The molecule has 0 radical (unpaired) electrons. The first-order valence-corrected chi connectivity index (χ1v) is 9.74. The smallest absolute Gasteiger partial charge is 0.252 e. The highest BCUT2D eigenvalue weighted by Crippen LogP contribution is 2.40. The van der Waals surface area contributed by atoms with Crippen LogP contribution in [-0.4, -0.2) is 18.9 Å². The third-order valence-electron chi connectivity index (χ3n) is 4.86. The van der Waals surface area contributed by atoms with Gasteiger partial charge >= 0.3 is 0 Å². The fourth-order valence-corrected chi connectivity index (χ4v) is 3.27. The molecule has 156 valence electrons. The number of nitrogens with one attached hydrogen (secondary N) is 1. The molecule has 5 heteroatoms. The van der Waals surface area contributed by atoms with Crippen molar-refractivity contribution in [2.24, 2.45) is 5.73 Å². The zero-order valence-corrected chi connectivity index (χ0v) is 18.4. The van der Waals surface area contributed by atoms with Gasteiger partial charge in [0.05, 0.1) is 7.11 Å². The first kappa shape index (κ1) is 22.5. The second-order valence-corrected chi connectivity index (χ2v) is 9.32. The molecular formula is C24H32N2O3. The minimum Gasteiger partial charge on any atom is -0.496 e. The van der Waals surface area contributed by atoms with Gasteiger partial charge in [-0.1, -0.05) is 71.9 Å². The third kappa shape index (κ3) is 5.17. The maximum absolute atomic E-state index is 13.1. The lowest BCUT2D eigenvalue weighted by Gasteiger charge is -2.30. The second kappa shape index (κ2) is 8.27. The van der Waals surface area contributed by atoms with E-state index in [-0.39, 0.29) is 16.7 Å². The van der Waals surface area contributed by atoms with Crippen molar-refractivity contribution >= 4 is 11.8 Å². The summed E-state index contributed by atoms with van der Waals surface area (Å²) in [6.45, 7) is 12.5. The molecule has 1 atom stereocenters. The third-order valence-corrected chi connectivity index (χ3v) is 4.86. The molecule has 0 heterocycles. The number of nitrogens with two attached hydrogens (primary N) is 1. The molecule has 0 saturated heterocycles. The number of hydrogen-bond donors (Lipinski definition) is 2. The summed E-state index contributed by atoms with van der Waals surface area (Å²) in [5.74, 6) is -0.169. The lowest BCUT2D eigenvalue weighted by atomic mass is 9.78. The van der Waals surface area contributed by atoms with E-state index in [1.165, 1.54) is 0 Å². The van der Waals surface area contributed by atoms with E-state index in [0.717, 1.165) is 16.9 Å². The Kier molecular flexibility index (Phi) is 6.41. The monoisotopic (exact) mass is 396 g/mol. The largest absolute Gasteiger partial charge is 0.496 e. The van der Waals surface area contributed by atoms with Crippen molar-refractivity contribution < 1.29 is 14.3 Å². The molecule has 2 rings (SSSR count). The first-order chi connectivity index (χ1) is 13.4. The normalized spacial score (nSPS) is 12.9. The summed E-state index contributed by atoms with van der Waals surface area (Å²) in [5.41, 5.74) is 8.10. The summed E-state index contributed by atoms with van der Waals surface area (Å²) >= 11 is 0. The summed E-state index contributed by atoms with van der Waals surface area (Å²) in [5, 5.41) is 2.79. The quantitative estimate of drug-likeness (QED) is 0.793. The van der Waals surface area contributed by atoms with Gasteiger partial charge in [-0.25, -0.2) is 0 Å². The lowest BCUT2D eigenvalue weighted by Crippen LogP contribution is -2.37. The van der Waals surface area contributed by atoms with Crippen molar-refractivity contribution in [1.29, 1.82) is 0 Å². The van der Waals surface area contributed by atoms with E-state index in [2.05, 4.69) is 46.9 Å². The van der Waals surface area contributed by atoms with E-state index in [0.29, 0.717) is 11.1 Å². The summed E-state index contributed by atoms with van der Waals surface area (Å²) in [6, 6.07) is 11.8. The van der Waals surface area contributed by atoms with Gasteiger partial charge < -0.3 is 15.8 Å². The average Bonchev–Trinajstić information content (AvgIpc) is 2.63. The van der Waals surface area contributed by atoms with Gasteiger partial charge in [0.25, 0.3) is 5.91 Å². The molecule has 3 N–H and O–H groups in total. The molecule has 0 fully saturated rings. The Bertz CT molecular complexity index is 856. The minimum atomic E-state index is -0.901. The number of benzene rings is 2. The minimum absolute atomic E-state index is 0.232. The first-order valence-electron chi connectivity index (χ1n) is 9.74. The summed E-state index contributed by atoms with van der Waals surface area (Å²) in [4.78, 5) is 25.1. The van der Waals surface area contributed by atoms with Gasteiger partial charge in [-0.2, -0.15) is 0 Å². The van der Waals surface area contributed by atoms with E-state index in [9.17, 15) is 9.59 Å². The number of carbonyl (C=O) groups excluding carboxylic acids is 2. The van der Waals surface area contributed by atoms with E-state index in [4.69, 9.17) is 10.5 Å². The van der Waals surface area contributed by atoms with Crippen LogP contribution >= 0.6 is 0 Å². The van der Waals surface area contributed by atoms with Gasteiger partial charge in [-0.3, -0.25) is 9.59 Å². The molecule has 0 aliphatic carbocycles. The van der Waals surface area contributed by atoms with Crippen LogP contribution < -0.4 is 15.8 Å². The Morgan fingerprint density at radius 1 is 0.931 bits per heavy atom. The molecule has 29 heavy (non-hydrogen) atoms. The van der Waals surface area contributed by atoms with Crippen LogP contribution in [0.25, 0.3) is 0 Å². The molecule has 2 aromatic rings. The van der Waals surface area contributed by atoms with E-state index >= 15 is 0 Å². The van der Waals surface area contributed by atoms with Crippen LogP contribution in [-0.2, 0) is 15.6 Å². The number of methoxy groups -OCH3 is 1. The SMILES string of the molecule is COc1c(C(C)(C)C)cc(C(=O)N[C@@H](C(N)=O)c2ccccc2)cc1C(C)(C)C. The molecule has 2 aromatic carbocycles. The van der Waals surface area contributed by atoms with Gasteiger partial charge in [0.2, 0.25) is 5.91 Å². The highest BCUT2D eigenvalue weighted by molar-refractivity contribution is 5.98. The maximum Gasteiger partial charge on any atom is 0.252 e. The fraction of sp³-hybridized carbons (Fsp3) is 0.417. The van der Waals surface area contributed by atoms with Gasteiger partial charge in [0, 0.05) is 16.7 Å². The topological polar surface area (TPSA) is 81.4 Å². The Morgan fingerprint density at radius 2 is 1.41 bits per heavy atom. The predicted molar refractivity (Wildman–Crippen MR) is 116 cm³/mol. The standard InChI is InChI=1S/C24H32N2O3/c1-23(2,3)17-13-16(14-18(20(17)29-7)24(4,5)6)22(28)26-19(21(25)27)15-11-9-8-10-12-15/h8-14,19H,1-7H3,(H2,25,27)(H,26,28)/t19-/m1/s1. The van der Waals surface area contributed by atoms with Gasteiger partial charge in [-0.05, 0) is 28.5 Å². The Hall–Kier alpha value is -2.82. The predicted octanol–water partition coefficient (Wildman–Crippen LogP) is 4.25. The Labute approximate surface area is 173 Å². The molecule has 0 saturated carbocycles. The Morgan fingerprint density at radius 3 is 1.79 bits per heavy atom. The molecule has 0 unspecified atom stereocenters. The molecule has 0 aromatic heterocycles. The number of hydrogen-bond acceptors (Lipinski definition) is 3. The molecular weight excluding hydrogens is 364 g/mol. The molecule has 2 amide bonds. The van der Waals surface area contributed by atoms with Crippen molar-refractivity contribution in [3.8, 4) is 5.75 Å². The fourth-order valence-electron chi connectivity index (χ4n) is 3.27. The van der Waals surface area contributed by atoms with Crippen molar-refractivity contribution in [3.05, 3.63) is 64.7 Å². The van der Waals surface area contributed by atoms with Crippen LogP contribution in [0, 0.1) is 0 Å². The summed E-state index contributed by atoms with van der Waals surface area (Å²) in [6.07, 6.45) is 0. The van der Waals surface area contributed by atoms with Crippen LogP contribution in [0.4, 0.5) is 0 Å². The summed E-state index contributed by atoms with van der Waals surface area (Å²) in [7, 11) is 1.65. The highest BCUT2D eigenvalue weighted by Gasteiger charge is 2.29. The van der Waals surface area contributed by atoms with Gasteiger partial charge in [0.15, 0.2) is 0 Å². The van der Waals surface area contributed by atoms with Crippen LogP contribution in [0.5, 0.6) is 5.75 Å². The van der Waals surface area contributed by atoms with Crippen LogP contribution in [0.1, 0.15) is 74.6 Å². The molecule has 0 spiro atoms. The van der Waals surface area contributed by atoms with E-state index in [1.54, 1.807) is 31.4 Å². The molecule has 0 aliphatic rings. The van der Waals surface area contributed by atoms with Crippen molar-refractivity contribution in [2.45, 2.75) is 58.4 Å². The van der Waals surface area contributed by atoms with Gasteiger partial charge in [0.1, 0.15) is 11.8 Å². The van der Waals surface area contributed by atoms with Crippen molar-refractivity contribution in [2.75, 3.05) is 7.11 Å². The zero-order valence-electron chi connectivity index (χ0n) is 18.4. The number of amides is 2. The number of ether oxygens (including phenoxy) is 1. The maximum atomic E-state index is 13.1.